The molecule has 1 fully saturated rings. The van der Waals surface area contributed by atoms with Gasteiger partial charge in [0.05, 0.1) is 14.2 Å². The summed E-state index contributed by atoms with van der Waals surface area (Å²) in [6.45, 7) is 1.62. The number of aliphatic imine (C=N–C) groups is 1. The van der Waals surface area contributed by atoms with Crippen molar-refractivity contribution < 1.29 is 13.9 Å². The molecule has 0 aromatic heterocycles. The third kappa shape index (κ3) is 5.00. The topological polar surface area (TPSA) is 46.1 Å². The number of rotatable bonds is 8. The molecule has 1 N–H and O–H groups in total. The van der Waals surface area contributed by atoms with Gasteiger partial charge in [0.1, 0.15) is 5.82 Å². The summed E-state index contributed by atoms with van der Waals surface area (Å²) in [5, 5.41) is 3.50. The minimum absolute atomic E-state index is 0.0911. The first-order valence-electron chi connectivity index (χ1n) is 9.90. The van der Waals surface area contributed by atoms with E-state index in [0.29, 0.717) is 0 Å². The fourth-order valence-corrected chi connectivity index (χ4v) is 3.59. The number of nitrogens with one attached hydrogen (secondary N) is 1. The minimum atomic E-state index is -0.191. The molecule has 0 spiro atoms. The van der Waals surface area contributed by atoms with Crippen LogP contribution in [0.2, 0.25) is 0 Å². The number of nitrogens with zero attached hydrogens (tertiary/aromatic N) is 2. The highest BCUT2D eigenvalue weighted by Crippen LogP contribution is 2.47. The lowest BCUT2D eigenvalue weighted by Crippen LogP contribution is -2.43. The third-order valence-corrected chi connectivity index (χ3v) is 5.65. The molecule has 2 aromatic rings. The molecule has 3 rings (SSSR count). The van der Waals surface area contributed by atoms with Crippen molar-refractivity contribution >= 4 is 5.96 Å². The molecule has 1 saturated carbocycles. The predicted molar refractivity (Wildman–Crippen MR) is 115 cm³/mol. The summed E-state index contributed by atoms with van der Waals surface area (Å²) in [6, 6.07) is 12.9. The summed E-state index contributed by atoms with van der Waals surface area (Å²) in [4.78, 5) is 6.55. The molecule has 0 radical (unpaired) electrons. The summed E-state index contributed by atoms with van der Waals surface area (Å²) < 4.78 is 23.9. The van der Waals surface area contributed by atoms with Gasteiger partial charge >= 0.3 is 0 Å². The lowest BCUT2D eigenvalue weighted by atomic mass is 9.96. The fourth-order valence-electron chi connectivity index (χ4n) is 3.59. The Bertz CT molecular complexity index is 848. The van der Waals surface area contributed by atoms with Crippen LogP contribution in [0.15, 0.2) is 47.5 Å². The van der Waals surface area contributed by atoms with Gasteiger partial charge in [0, 0.05) is 32.6 Å². The quantitative estimate of drug-likeness (QED) is 0.544. The highest BCUT2D eigenvalue weighted by atomic mass is 19.1. The van der Waals surface area contributed by atoms with Gasteiger partial charge in [-0.1, -0.05) is 18.2 Å². The van der Waals surface area contributed by atoms with E-state index < -0.39 is 0 Å². The van der Waals surface area contributed by atoms with E-state index in [1.54, 1.807) is 33.4 Å². The first kappa shape index (κ1) is 21.0. The zero-order valence-corrected chi connectivity index (χ0v) is 17.7. The summed E-state index contributed by atoms with van der Waals surface area (Å²) in [5.41, 5.74) is 2.46. The lowest BCUT2D eigenvalue weighted by molar-refractivity contribution is 0.354. The van der Waals surface area contributed by atoms with Crippen molar-refractivity contribution in [3.8, 4) is 11.5 Å². The van der Waals surface area contributed by atoms with E-state index in [2.05, 4.69) is 21.3 Å². The molecule has 0 aliphatic heterocycles. The Kier molecular flexibility index (Phi) is 6.62. The molecule has 0 amide bonds. The predicted octanol–water partition coefficient (Wildman–Crippen LogP) is 3.62. The van der Waals surface area contributed by atoms with Crippen molar-refractivity contribution in [2.24, 2.45) is 4.99 Å². The molecule has 5 nitrogen and oxygen atoms in total. The third-order valence-electron chi connectivity index (χ3n) is 5.65. The molecular formula is C23H30FN3O2. The maximum absolute atomic E-state index is 13.2. The van der Waals surface area contributed by atoms with E-state index in [1.807, 2.05) is 31.3 Å². The molecular weight excluding hydrogens is 369 g/mol. The van der Waals surface area contributed by atoms with Crippen LogP contribution in [0, 0.1) is 5.82 Å². The molecule has 1 aliphatic carbocycles. The molecule has 2 aromatic carbocycles. The first-order chi connectivity index (χ1) is 14.0. The van der Waals surface area contributed by atoms with Crippen molar-refractivity contribution in [1.29, 1.82) is 0 Å². The Balaban J connectivity index is 1.56. The minimum Gasteiger partial charge on any atom is -0.493 e. The van der Waals surface area contributed by atoms with Crippen LogP contribution >= 0.6 is 0 Å². The maximum Gasteiger partial charge on any atom is 0.193 e. The first-order valence-corrected chi connectivity index (χ1v) is 9.90. The number of ether oxygens (including phenoxy) is 2. The molecule has 6 heteroatoms. The highest BCUT2D eigenvalue weighted by Gasteiger charge is 2.44. The molecule has 156 valence electrons. The van der Waals surface area contributed by atoms with Gasteiger partial charge in [-0.3, -0.25) is 4.99 Å². The average Bonchev–Trinajstić information content (AvgIpc) is 3.53. The molecule has 1 aliphatic rings. The van der Waals surface area contributed by atoms with Crippen LogP contribution in [-0.4, -0.2) is 52.3 Å². The molecule has 0 heterocycles. The zero-order chi connectivity index (χ0) is 20.9. The Hall–Kier alpha value is -2.76. The van der Waals surface area contributed by atoms with Crippen molar-refractivity contribution in [1.82, 2.24) is 10.2 Å². The van der Waals surface area contributed by atoms with E-state index in [1.165, 1.54) is 11.1 Å². The molecule has 0 atom stereocenters. The number of methoxy groups -OCH3 is 2. The van der Waals surface area contributed by atoms with Crippen LogP contribution in [0.5, 0.6) is 11.5 Å². The van der Waals surface area contributed by atoms with E-state index in [0.717, 1.165) is 49.8 Å². The number of guanidine groups is 1. The van der Waals surface area contributed by atoms with E-state index in [4.69, 9.17) is 9.47 Å². The molecule has 0 bridgehead atoms. The number of hydrogen-bond acceptors (Lipinski definition) is 3. The van der Waals surface area contributed by atoms with Crippen molar-refractivity contribution in [2.45, 2.75) is 24.7 Å². The number of hydrogen-bond donors (Lipinski definition) is 1. The monoisotopic (exact) mass is 399 g/mol. The van der Waals surface area contributed by atoms with Crippen LogP contribution < -0.4 is 14.8 Å². The van der Waals surface area contributed by atoms with Crippen molar-refractivity contribution in [3.63, 3.8) is 0 Å². The van der Waals surface area contributed by atoms with Crippen LogP contribution in [0.25, 0.3) is 0 Å². The summed E-state index contributed by atoms with van der Waals surface area (Å²) in [5.74, 6) is 2.14. The molecule has 0 unspecified atom stereocenters. The van der Waals surface area contributed by atoms with Gasteiger partial charge in [-0.05, 0) is 54.7 Å². The second-order valence-electron chi connectivity index (χ2n) is 7.55. The van der Waals surface area contributed by atoms with E-state index in [9.17, 15) is 4.39 Å². The SMILES string of the molecule is CN=C(NCC1(c2ccc(F)cc2)CC1)N(C)CCc1ccc(OC)c(OC)c1. The van der Waals surface area contributed by atoms with Gasteiger partial charge < -0.3 is 19.7 Å². The van der Waals surface area contributed by atoms with Crippen LogP contribution in [0.1, 0.15) is 24.0 Å². The van der Waals surface area contributed by atoms with Gasteiger partial charge in [0.2, 0.25) is 0 Å². The largest absolute Gasteiger partial charge is 0.493 e. The zero-order valence-electron chi connectivity index (χ0n) is 17.7. The molecule has 29 heavy (non-hydrogen) atoms. The highest BCUT2D eigenvalue weighted by molar-refractivity contribution is 5.79. The fraction of sp³-hybridized carbons (Fsp3) is 0.435. The average molecular weight is 400 g/mol. The normalized spacial score (nSPS) is 15.0. The van der Waals surface area contributed by atoms with Gasteiger partial charge in [-0.25, -0.2) is 4.39 Å². The van der Waals surface area contributed by atoms with Crippen molar-refractivity contribution in [2.75, 3.05) is 41.4 Å². The second kappa shape index (κ2) is 9.16. The van der Waals surface area contributed by atoms with Gasteiger partial charge in [0.25, 0.3) is 0 Å². The van der Waals surface area contributed by atoms with E-state index >= 15 is 0 Å². The Morgan fingerprint density at radius 3 is 2.38 bits per heavy atom. The molecule has 0 saturated heterocycles. The number of benzene rings is 2. The number of likely N-dealkylation sites (N-methyl/N-ethyl adjacent to an activating group) is 1. The Morgan fingerprint density at radius 2 is 1.79 bits per heavy atom. The van der Waals surface area contributed by atoms with Gasteiger partial charge in [0.15, 0.2) is 17.5 Å². The summed E-state index contributed by atoms with van der Waals surface area (Å²) in [6.07, 6.45) is 3.08. The Labute approximate surface area is 172 Å². The maximum atomic E-state index is 13.2. The summed E-state index contributed by atoms with van der Waals surface area (Å²) >= 11 is 0. The second-order valence-corrected chi connectivity index (χ2v) is 7.55. The lowest BCUT2D eigenvalue weighted by Gasteiger charge is -2.25. The van der Waals surface area contributed by atoms with Crippen molar-refractivity contribution in [3.05, 3.63) is 59.4 Å². The van der Waals surface area contributed by atoms with Crippen LogP contribution in [0.4, 0.5) is 4.39 Å². The van der Waals surface area contributed by atoms with Gasteiger partial charge in [-0.15, -0.1) is 0 Å². The van der Waals surface area contributed by atoms with Crippen LogP contribution in [0.3, 0.4) is 0 Å². The number of halogens is 1. The van der Waals surface area contributed by atoms with E-state index in [-0.39, 0.29) is 11.2 Å². The standard InChI is InChI=1S/C23H30FN3O2/c1-25-22(26-16-23(12-13-23)18-6-8-19(24)9-7-18)27(2)14-11-17-5-10-20(28-3)21(15-17)29-4/h5-10,15H,11-14,16H2,1-4H3,(H,25,26). The van der Waals surface area contributed by atoms with Gasteiger partial charge in [-0.2, -0.15) is 0 Å². The Morgan fingerprint density at radius 1 is 1.10 bits per heavy atom. The summed E-state index contributed by atoms with van der Waals surface area (Å²) in [7, 11) is 7.12. The smallest absolute Gasteiger partial charge is 0.193 e. The van der Waals surface area contributed by atoms with Crippen LogP contribution in [-0.2, 0) is 11.8 Å².